The van der Waals surface area contributed by atoms with Crippen LogP contribution in [-0.2, 0) is 19.1 Å². The first-order valence-electron chi connectivity index (χ1n) is 10.2. The van der Waals surface area contributed by atoms with Crippen LogP contribution in [0, 0.1) is 0 Å². The van der Waals surface area contributed by atoms with Gasteiger partial charge in [0.15, 0.2) is 0 Å². The zero-order chi connectivity index (χ0) is 25.0. The topological polar surface area (TPSA) is 199 Å². The summed E-state index contributed by atoms with van der Waals surface area (Å²) in [5.41, 5.74) is 1.33. The maximum atomic E-state index is 11.9. The zero-order valence-corrected chi connectivity index (χ0v) is 21.3. The molecule has 2 aromatic rings. The predicted molar refractivity (Wildman–Crippen MR) is 113 cm³/mol. The molecule has 35 heavy (non-hydrogen) atoms. The SMILES string of the molecule is CC(=O)Nc1ccccc1-c1cn([C@H]2C=C(C(=O)[O-])O[C@@H]([C@H](O)[C@H](O)CO)[C@@H]2NC(C)=O)nn1.[Na+]. The van der Waals surface area contributed by atoms with Crippen LogP contribution >= 0.6 is 0 Å². The fraction of sp³-hybridized carbons (Fsp3) is 0.381. The molecule has 2 amide bonds. The van der Waals surface area contributed by atoms with E-state index in [1.807, 2.05) is 0 Å². The van der Waals surface area contributed by atoms with Gasteiger partial charge in [-0.1, -0.05) is 23.4 Å². The van der Waals surface area contributed by atoms with Gasteiger partial charge in [0, 0.05) is 19.4 Å². The Labute approximate surface area is 222 Å². The molecule has 182 valence electrons. The second-order valence-electron chi connectivity index (χ2n) is 7.67. The van der Waals surface area contributed by atoms with Gasteiger partial charge in [0.1, 0.15) is 35.7 Å². The van der Waals surface area contributed by atoms with E-state index in [1.165, 1.54) is 24.7 Å². The number of aliphatic hydroxyl groups is 3. The molecule has 1 aliphatic rings. The largest absolute Gasteiger partial charge is 1.00 e. The first kappa shape index (κ1) is 28.4. The van der Waals surface area contributed by atoms with Gasteiger partial charge >= 0.3 is 29.6 Å². The number of nitrogens with zero attached hydrogens (tertiary/aromatic N) is 3. The number of carbonyl (C=O) groups is 3. The van der Waals surface area contributed by atoms with Crippen LogP contribution in [0.25, 0.3) is 11.3 Å². The van der Waals surface area contributed by atoms with Gasteiger partial charge in [-0.3, -0.25) is 9.59 Å². The Morgan fingerprint density at radius 2 is 1.89 bits per heavy atom. The molecule has 0 radical (unpaired) electrons. The number of aliphatic carboxylic acids is 1. The summed E-state index contributed by atoms with van der Waals surface area (Å²) in [6.45, 7) is 1.72. The van der Waals surface area contributed by atoms with Crippen molar-refractivity contribution < 1.29 is 69.1 Å². The molecule has 5 N–H and O–H groups in total. The molecule has 0 bridgehead atoms. The summed E-state index contributed by atoms with van der Waals surface area (Å²) < 4.78 is 6.55. The number of anilines is 1. The molecule has 1 aromatic heterocycles. The molecule has 14 heteroatoms. The molecule has 0 spiro atoms. The molecule has 5 atom stereocenters. The van der Waals surface area contributed by atoms with E-state index in [-0.39, 0.29) is 35.5 Å². The summed E-state index contributed by atoms with van der Waals surface area (Å²) in [7, 11) is 0. The van der Waals surface area contributed by atoms with Crippen molar-refractivity contribution in [2.24, 2.45) is 0 Å². The van der Waals surface area contributed by atoms with Gasteiger partial charge in [-0.25, -0.2) is 4.68 Å². The van der Waals surface area contributed by atoms with Crippen molar-refractivity contribution in [2.45, 2.75) is 44.2 Å². The van der Waals surface area contributed by atoms with E-state index in [0.717, 1.165) is 6.08 Å². The fourth-order valence-corrected chi connectivity index (χ4v) is 3.63. The number of hydrogen-bond acceptors (Lipinski definition) is 10. The predicted octanol–water partition coefficient (Wildman–Crippen LogP) is -5.30. The first-order valence-corrected chi connectivity index (χ1v) is 10.2. The van der Waals surface area contributed by atoms with E-state index in [4.69, 9.17) is 4.74 Å². The average molecular weight is 497 g/mol. The van der Waals surface area contributed by atoms with Crippen LogP contribution in [0.15, 0.2) is 42.3 Å². The van der Waals surface area contributed by atoms with Gasteiger partial charge in [-0.2, -0.15) is 0 Å². The molecular formula is C21H24N5NaO8. The van der Waals surface area contributed by atoms with Crippen LogP contribution in [-0.4, -0.2) is 79.1 Å². The van der Waals surface area contributed by atoms with Gasteiger partial charge in [0.05, 0.1) is 30.6 Å². The van der Waals surface area contributed by atoms with Crippen molar-refractivity contribution >= 4 is 23.5 Å². The molecule has 0 aliphatic carbocycles. The Morgan fingerprint density at radius 1 is 1.20 bits per heavy atom. The van der Waals surface area contributed by atoms with Crippen molar-refractivity contribution in [1.82, 2.24) is 20.3 Å². The minimum atomic E-state index is -1.77. The van der Waals surface area contributed by atoms with Crippen molar-refractivity contribution in [3.63, 3.8) is 0 Å². The molecule has 2 heterocycles. The van der Waals surface area contributed by atoms with E-state index >= 15 is 0 Å². The molecule has 3 rings (SSSR count). The van der Waals surface area contributed by atoms with E-state index in [0.29, 0.717) is 16.9 Å². The number of benzene rings is 1. The van der Waals surface area contributed by atoms with Gasteiger partial charge in [-0.15, -0.1) is 5.10 Å². The summed E-state index contributed by atoms with van der Waals surface area (Å²) in [6.07, 6.45) is -2.34. The van der Waals surface area contributed by atoms with Crippen molar-refractivity contribution in [1.29, 1.82) is 0 Å². The number of amides is 2. The van der Waals surface area contributed by atoms with Crippen molar-refractivity contribution in [3.8, 4) is 11.3 Å². The number of hydrogen-bond donors (Lipinski definition) is 5. The van der Waals surface area contributed by atoms with E-state index in [9.17, 15) is 34.8 Å². The minimum Gasteiger partial charge on any atom is -0.542 e. The zero-order valence-electron chi connectivity index (χ0n) is 19.3. The van der Waals surface area contributed by atoms with Crippen molar-refractivity contribution in [2.75, 3.05) is 11.9 Å². The quantitative estimate of drug-likeness (QED) is 0.220. The first-order chi connectivity index (χ1) is 16.1. The van der Waals surface area contributed by atoms with Crippen LogP contribution in [0.5, 0.6) is 0 Å². The monoisotopic (exact) mass is 497 g/mol. The average Bonchev–Trinajstić information content (AvgIpc) is 3.27. The Kier molecular flexibility index (Phi) is 9.94. The Balaban J connectivity index is 0.00000432. The number of ether oxygens (including phenoxy) is 1. The molecule has 0 saturated heterocycles. The number of nitrogens with one attached hydrogen (secondary N) is 2. The van der Waals surface area contributed by atoms with E-state index in [2.05, 4.69) is 20.9 Å². The summed E-state index contributed by atoms with van der Waals surface area (Å²) >= 11 is 0. The minimum absolute atomic E-state index is 0. The molecule has 0 fully saturated rings. The molecule has 1 aromatic carbocycles. The van der Waals surface area contributed by atoms with Crippen molar-refractivity contribution in [3.05, 3.63) is 42.3 Å². The van der Waals surface area contributed by atoms with Crippen LogP contribution in [0.2, 0.25) is 0 Å². The molecule has 13 nitrogen and oxygen atoms in total. The Hall–Kier alpha value is -2.81. The summed E-state index contributed by atoms with van der Waals surface area (Å²) in [4.78, 5) is 35.0. The standard InChI is InChI=1S/C21H25N5O8.Na/c1-10(28)22-13-6-4-3-5-12(13)14-8-26(25-24-14)15-7-17(21(32)33)34-20(18(15)23-11(2)29)19(31)16(30)9-27;/h3-8,15-16,18-20,27,30-31H,9H2,1-2H3,(H,22,28)(H,23,29)(H,32,33);/q;+1/p-1/t15-,16+,18+,19+,20+;/m0./s1. The number of aliphatic hydroxyl groups excluding tert-OH is 3. The van der Waals surface area contributed by atoms with Gasteiger partial charge < -0.3 is 40.6 Å². The number of carboxylic acids is 1. The number of rotatable bonds is 8. The third kappa shape index (κ3) is 6.66. The number of aromatic nitrogens is 3. The number of carboxylic acid groups (broad SMARTS) is 1. The molecule has 0 saturated carbocycles. The van der Waals surface area contributed by atoms with E-state index < -0.39 is 54.6 Å². The van der Waals surface area contributed by atoms with Crippen LogP contribution in [0.1, 0.15) is 19.9 Å². The van der Waals surface area contributed by atoms with Gasteiger partial charge in [-0.05, 0) is 12.1 Å². The van der Waals surface area contributed by atoms with Crippen LogP contribution < -0.4 is 45.3 Å². The van der Waals surface area contributed by atoms with Crippen LogP contribution in [0.3, 0.4) is 0 Å². The maximum Gasteiger partial charge on any atom is 1.00 e. The number of para-hydroxylation sites is 1. The summed E-state index contributed by atoms with van der Waals surface area (Å²) in [5.74, 6) is -3.18. The van der Waals surface area contributed by atoms with E-state index in [1.54, 1.807) is 24.3 Å². The van der Waals surface area contributed by atoms with Crippen LogP contribution in [0.4, 0.5) is 5.69 Å². The maximum absolute atomic E-state index is 11.9. The fourth-order valence-electron chi connectivity index (χ4n) is 3.63. The normalized spacial score (nSPS) is 20.9. The second-order valence-corrected chi connectivity index (χ2v) is 7.67. The van der Waals surface area contributed by atoms with Gasteiger partial charge in [0.2, 0.25) is 11.8 Å². The second kappa shape index (κ2) is 12.2. The summed E-state index contributed by atoms with van der Waals surface area (Å²) in [5, 5.41) is 54.6. The summed E-state index contributed by atoms with van der Waals surface area (Å²) in [6, 6.07) is 4.66. The number of carbonyl (C=O) groups excluding carboxylic acids is 3. The van der Waals surface area contributed by atoms with Gasteiger partial charge in [0.25, 0.3) is 0 Å². The molecular weight excluding hydrogens is 473 g/mol. The Morgan fingerprint density at radius 3 is 2.49 bits per heavy atom. The third-order valence-electron chi connectivity index (χ3n) is 5.13. The Bertz CT molecular complexity index is 1110. The third-order valence-corrected chi connectivity index (χ3v) is 5.13. The smallest absolute Gasteiger partial charge is 0.542 e. The molecule has 0 unspecified atom stereocenters. The molecule has 1 aliphatic heterocycles.